The van der Waals surface area contributed by atoms with Crippen LogP contribution in [-0.2, 0) is 7.05 Å². The fourth-order valence-corrected chi connectivity index (χ4v) is 3.88. The van der Waals surface area contributed by atoms with Gasteiger partial charge in [-0.3, -0.25) is 9.69 Å². The smallest absolute Gasteiger partial charge is 0.349 e. The fraction of sp³-hybridized carbons (Fsp3) is 0.364. The van der Waals surface area contributed by atoms with Crippen LogP contribution in [0.4, 0.5) is 0 Å². The van der Waals surface area contributed by atoms with E-state index in [1.165, 1.54) is 0 Å². The highest BCUT2D eigenvalue weighted by atomic mass is 16.4. The summed E-state index contributed by atoms with van der Waals surface area (Å²) in [6.07, 6.45) is 2.01. The summed E-state index contributed by atoms with van der Waals surface area (Å²) in [5.41, 5.74) is 1.04. The molecule has 0 unspecified atom stereocenters. The molecule has 7 nitrogen and oxygen atoms in total. The van der Waals surface area contributed by atoms with Gasteiger partial charge in [0.05, 0.1) is 6.04 Å². The van der Waals surface area contributed by atoms with E-state index in [1.54, 1.807) is 18.2 Å². The summed E-state index contributed by atoms with van der Waals surface area (Å²) in [4.78, 5) is 29.8. The van der Waals surface area contributed by atoms with E-state index in [9.17, 15) is 9.59 Å². The Hall–Kier alpha value is -2.90. The Kier molecular flexibility index (Phi) is 5.51. The summed E-state index contributed by atoms with van der Waals surface area (Å²) in [6.45, 7) is 4.26. The number of aromatic nitrogens is 1. The minimum absolute atomic E-state index is 0.0349. The molecule has 1 saturated heterocycles. The first kappa shape index (κ1) is 19.4. The summed E-state index contributed by atoms with van der Waals surface area (Å²) < 4.78 is 7.39. The quantitative estimate of drug-likeness (QED) is 0.669. The summed E-state index contributed by atoms with van der Waals surface area (Å²) in [7, 11) is 4.13. The number of aryl methyl sites for hydroxylation is 1. The van der Waals surface area contributed by atoms with Gasteiger partial charge in [-0.1, -0.05) is 18.2 Å². The van der Waals surface area contributed by atoms with Gasteiger partial charge in [-0.25, -0.2) is 4.79 Å². The van der Waals surface area contributed by atoms with E-state index in [1.807, 2.05) is 31.4 Å². The Balaban J connectivity index is 1.54. The number of hydrogen-bond donors (Lipinski definition) is 1. The number of carbonyl (C=O) groups is 1. The number of rotatable bonds is 5. The third kappa shape index (κ3) is 4.11. The van der Waals surface area contributed by atoms with Crippen molar-refractivity contribution in [3.8, 4) is 0 Å². The predicted molar refractivity (Wildman–Crippen MR) is 112 cm³/mol. The third-order valence-corrected chi connectivity index (χ3v) is 5.65. The molecule has 29 heavy (non-hydrogen) atoms. The molecular formula is C22H26N4O3. The van der Waals surface area contributed by atoms with Gasteiger partial charge in [-0.2, -0.15) is 0 Å². The van der Waals surface area contributed by atoms with Crippen LogP contribution < -0.4 is 10.9 Å². The number of nitrogens with zero attached hydrogens (tertiary/aromatic N) is 3. The van der Waals surface area contributed by atoms with Gasteiger partial charge in [-0.05, 0) is 31.3 Å². The zero-order valence-electron chi connectivity index (χ0n) is 16.8. The Morgan fingerprint density at radius 1 is 1.10 bits per heavy atom. The predicted octanol–water partition coefficient (Wildman–Crippen LogP) is 1.85. The van der Waals surface area contributed by atoms with E-state index in [-0.39, 0.29) is 11.6 Å². The Labute approximate surface area is 169 Å². The van der Waals surface area contributed by atoms with E-state index in [0.29, 0.717) is 12.1 Å². The van der Waals surface area contributed by atoms with Crippen molar-refractivity contribution in [2.75, 3.05) is 39.8 Å². The van der Waals surface area contributed by atoms with Crippen LogP contribution in [0.15, 0.2) is 57.9 Å². The molecule has 1 N–H and O–H groups in total. The first-order valence-corrected chi connectivity index (χ1v) is 9.88. The minimum Gasteiger partial charge on any atom is -0.422 e. The van der Waals surface area contributed by atoms with Crippen molar-refractivity contribution in [2.24, 2.45) is 7.05 Å². The highest BCUT2D eigenvalue weighted by molar-refractivity contribution is 5.96. The maximum absolute atomic E-state index is 12.8. The molecule has 4 rings (SSSR count). The molecule has 1 atom stereocenters. The average molecular weight is 394 g/mol. The zero-order chi connectivity index (χ0) is 20.4. The third-order valence-electron chi connectivity index (χ3n) is 5.65. The lowest BCUT2D eigenvalue weighted by atomic mass is 10.1. The normalized spacial score (nSPS) is 16.8. The molecule has 1 fully saturated rings. The largest absolute Gasteiger partial charge is 0.422 e. The molecule has 1 aliphatic rings. The van der Waals surface area contributed by atoms with E-state index in [0.717, 1.165) is 37.3 Å². The number of nitrogens with one attached hydrogen (secondary N) is 1. The van der Waals surface area contributed by atoms with Gasteiger partial charge >= 0.3 is 5.63 Å². The molecule has 1 aromatic carbocycles. The summed E-state index contributed by atoms with van der Waals surface area (Å²) in [6, 6.07) is 12.9. The standard InChI is InChI=1S/C22H26N4O3/c1-24-10-12-26(13-11-24)19(18-7-5-9-25(18)2)15-23-21(27)17-14-16-6-3-4-8-20(16)29-22(17)28/h3-9,14,19H,10-13,15H2,1-2H3,(H,23,27)/t19-/m1/s1. The number of benzene rings is 1. The molecular weight excluding hydrogens is 368 g/mol. The van der Waals surface area contributed by atoms with Crippen molar-refractivity contribution in [2.45, 2.75) is 6.04 Å². The molecule has 2 aromatic heterocycles. The van der Waals surface area contributed by atoms with Gasteiger partial charge in [0, 0.05) is 57.0 Å². The van der Waals surface area contributed by atoms with E-state index < -0.39 is 11.5 Å². The van der Waals surface area contributed by atoms with E-state index in [4.69, 9.17) is 4.42 Å². The molecule has 1 amide bonds. The molecule has 1 aliphatic heterocycles. The van der Waals surface area contributed by atoms with Gasteiger partial charge in [0.2, 0.25) is 0 Å². The Bertz CT molecular complexity index is 1060. The van der Waals surface area contributed by atoms with Crippen LogP contribution in [0.1, 0.15) is 22.1 Å². The molecule has 7 heteroatoms. The SMILES string of the molecule is CN1CCN([C@H](CNC(=O)c2cc3ccccc3oc2=O)c2cccn2C)CC1. The minimum atomic E-state index is -0.615. The maximum Gasteiger partial charge on any atom is 0.349 e. The van der Waals surface area contributed by atoms with E-state index in [2.05, 4.69) is 32.8 Å². The van der Waals surface area contributed by atoms with Gasteiger partial charge in [0.1, 0.15) is 11.1 Å². The maximum atomic E-state index is 12.8. The van der Waals surface area contributed by atoms with Gasteiger partial charge in [-0.15, -0.1) is 0 Å². The van der Waals surface area contributed by atoms with Crippen molar-refractivity contribution in [1.82, 2.24) is 19.7 Å². The van der Waals surface area contributed by atoms with Crippen LogP contribution in [0.2, 0.25) is 0 Å². The Morgan fingerprint density at radius 3 is 2.59 bits per heavy atom. The number of amides is 1. The van der Waals surface area contributed by atoms with Crippen molar-refractivity contribution < 1.29 is 9.21 Å². The first-order chi connectivity index (χ1) is 14.0. The second-order valence-corrected chi connectivity index (χ2v) is 7.59. The first-order valence-electron chi connectivity index (χ1n) is 9.88. The van der Waals surface area contributed by atoms with Crippen LogP contribution in [0.25, 0.3) is 11.0 Å². The van der Waals surface area contributed by atoms with Crippen LogP contribution in [-0.4, -0.2) is 60.0 Å². The number of fused-ring (bicyclic) bond motifs is 1. The second kappa shape index (κ2) is 8.23. The van der Waals surface area contributed by atoms with Gasteiger partial charge in [0.25, 0.3) is 5.91 Å². The van der Waals surface area contributed by atoms with Crippen molar-refractivity contribution in [1.29, 1.82) is 0 Å². The van der Waals surface area contributed by atoms with Gasteiger partial charge < -0.3 is 19.2 Å². The number of likely N-dealkylation sites (N-methyl/N-ethyl adjacent to an activating group) is 1. The molecule has 0 saturated carbocycles. The monoisotopic (exact) mass is 394 g/mol. The number of piperazine rings is 1. The molecule has 0 aliphatic carbocycles. The van der Waals surface area contributed by atoms with E-state index >= 15 is 0 Å². The average Bonchev–Trinajstić information content (AvgIpc) is 3.14. The van der Waals surface area contributed by atoms with Crippen LogP contribution >= 0.6 is 0 Å². The van der Waals surface area contributed by atoms with Gasteiger partial charge in [0.15, 0.2) is 0 Å². The van der Waals surface area contributed by atoms with Crippen LogP contribution in [0.3, 0.4) is 0 Å². The number of para-hydroxylation sites is 1. The highest BCUT2D eigenvalue weighted by Crippen LogP contribution is 2.22. The zero-order valence-corrected chi connectivity index (χ0v) is 16.8. The summed E-state index contributed by atoms with van der Waals surface area (Å²) in [5.74, 6) is -0.405. The van der Waals surface area contributed by atoms with Crippen molar-refractivity contribution >= 4 is 16.9 Å². The lowest BCUT2D eigenvalue weighted by Gasteiger charge is -2.38. The van der Waals surface area contributed by atoms with Crippen molar-refractivity contribution in [3.05, 3.63) is 70.3 Å². The summed E-state index contributed by atoms with van der Waals surface area (Å²) >= 11 is 0. The lowest BCUT2D eigenvalue weighted by Crippen LogP contribution is -2.49. The van der Waals surface area contributed by atoms with Crippen molar-refractivity contribution in [3.63, 3.8) is 0 Å². The molecule has 0 radical (unpaired) electrons. The molecule has 0 bridgehead atoms. The number of carbonyl (C=O) groups excluding carboxylic acids is 1. The van der Waals surface area contributed by atoms with Crippen LogP contribution in [0, 0.1) is 0 Å². The van der Waals surface area contributed by atoms with Crippen LogP contribution in [0.5, 0.6) is 0 Å². The second-order valence-electron chi connectivity index (χ2n) is 7.59. The Morgan fingerprint density at radius 2 is 1.86 bits per heavy atom. The lowest BCUT2D eigenvalue weighted by molar-refractivity contribution is 0.0874. The highest BCUT2D eigenvalue weighted by Gasteiger charge is 2.26. The molecule has 0 spiro atoms. The molecule has 3 aromatic rings. The molecule has 152 valence electrons. The number of hydrogen-bond acceptors (Lipinski definition) is 5. The fourth-order valence-electron chi connectivity index (χ4n) is 3.88. The topological polar surface area (TPSA) is 70.7 Å². The molecule has 3 heterocycles. The summed E-state index contributed by atoms with van der Waals surface area (Å²) in [5, 5.41) is 3.69.